The predicted octanol–water partition coefficient (Wildman–Crippen LogP) is 2.21. The van der Waals surface area contributed by atoms with Crippen molar-refractivity contribution in [2.75, 3.05) is 13.1 Å². The molecule has 24 heavy (non-hydrogen) atoms. The highest BCUT2D eigenvalue weighted by Gasteiger charge is 2.28. The van der Waals surface area contributed by atoms with Crippen molar-refractivity contribution < 1.29 is 9.59 Å². The van der Waals surface area contributed by atoms with Crippen molar-refractivity contribution in [3.63, 3.8) is 0 Å². The van der Waals surface area contributed by atoms with E-state index in [-0.39, 0.29) is 23.8 Å². The summed E-state index contributed by atoms with van der Waals surface area (Å²) in [6.07, 6.45) is 2.45. The number of nitrogens with one attached hydrogen (secondary N) is 2. The monoisotopic (exact) mass is 352 g/mol. The van der Waals surface area contributed by atoms with Crippen LogP contribution in [0.25, 0.3) is 0 Å². The lowest BCUT2D eigenvalue weighted by Crippen LogP contribution is -2.52. The maximum atomic E-state index is 12.2. The number of nitrogens with zero attached hydrogens (tertiary/aromatic N) is 2. The molecule has 1 aromatic heterocycles. The van der Waals surface area contributed by atoms with E-state index in [0.717, 1.165) is 31.6 Å². The number of hydrogen-bond acceptors (Lipinski definition) is 5. The van der Waals surface area contributed by atoms with Crippen molar-refractivity contribution in [3.05, 3.63) is 16.1 Å². The molecule has 1 aliphatic rings. The second kappa shape index (κ2) is 8.58. The smallest absolute Gasteiger partial charge is 0.255 e. The van der Waals surface area contributed by atoms with Crippen LogP contribution in [0.15, 0.2) is 5.38 Å². The van der Waals surface area contributed by atoms with E-state index in [9.17, 15) is 9.59 Å². The zero-order chi connectivity index (χ0) is 17.7. The third-order valence-electron chi connectivity index (χ3n) is 4.36. The molecule has 0 spiro atoms. The van der Waals surface area contributed by atoms with Gasteiger partial charge in [0.25, 0.3) is 5.91 Å². The van der Waals surface area contributed by atoms with Crippen molar-refractivity contribution >= 4 is 23.2 Å². The van der Waals surface area contributed by atoms with Gasteiger partial charge in [-0.15, -0.1) is 11.3 Å². The standard InChI is InChI=1S/C17H28N4O2S/c1-11(2)9-15(22)19-20-16(23)13(4)21-7-5-14(6-8-21)17-18-12(3)10-24-17/h10-11,13-14H,5-9H2,1-4H3,(H,19,22)(H,20,23). The molecule has 6 nitrogen and oxygen atoms in total. The van der Waals surface area contributed by atoms with Gasteiger partial charge >= 0.3 is 0 Å². The molecule has 2 heterocycles. The van der Waals surface area contributed by atoms with E-state index in [1.54, 1.807) is 11.3 Å². The molecule has 7 heteroatoms. The fourth-order valence-electron chi connectivity index (χ4n) is 2.92. The molecule has 1 aromatic rings. The number of likely N-dealkylation sites (tertiary alicyclic amines) is 1. The summed E-state index contributed by atoms with van der Waals surface area (Å²) in [5, 5.41) is 3.31. The lowest BCUT2D eigenvalue weighted by atomic mass is 9.96. The molecule has 2 rings (SSSR count). The fourth-order valence-corrected chi connectivity index (χ4v) is 3.89. The van der Waals surface area contributed by atoms with Crippen molar-refractivity contribution in [3.8, 4) is 0 Å². The number of carbonyl (C=O) groups excluding carboxylic acids is 2. The lowest BCUT2D eigenvalue weighted by Gasteiger charge is -2.34. The lowest BCUT2D eigenvalue weighted by molar-refractivity contribution is -0.132. The van der Waals surface area contributed by atoms with Crippen LogP contribution in [0.5, 0.6) is 0 Å². The number of thiazole rings is 1. The van der Waals surface area contributed by atoms with Crippen LogP contribution in [0.3, 0.4) is 0 Å². The van der Waals surface area contributed by atoms with Gasteiger partial charge in [0.15, 0.2) is 0 Å². The second-order valence-electron chi connectivity index (χ2n) is 6.95. The Hall–Kier alpha value is -1.47. The van der Waals surface area contributed by atoms with Crippen molar-refractivity contribution in [1.82, 2.24) is 20.7 Å². The Morgan fingerprint density at radius 1 is 1.29 bits per heavy atom. The van der Waals surface area contributed by atoms with Crippen LogP contribution < -0.4 is 10.9 Å². The minimum absolute atomic E-state index is 0.150. The van der Waals surface area contributed by atoms with Crippen molar-refractivity contribution in [2.24, 2.45) is 5.92 Å². The van der Waals surface area contributed by atoms with Crippen LogP contribution in [0.2, 0.25) is 0 Å². The topological polar surface area (TPSA) is 74.3 Å². The average Bonchev–Trinajstić information content (AvgIpc) is 2.98. The number of carbonyl (C=O) groups is 2. The van der Waals surface area contributed by atoms with Crippen LogP contribution in [-0.2, 0) is 9.59 Å². The number of amides is 2. The van der Waals surface area contributed by atoms with E-state index >= 15 is 0 Å². The average molecular weight is 353 g/mol. The van der Waals surface area contributed by atoms with Gasteiger partial charge in [0.1, 0.15) is 0 Å². The summed E-state index contributed by atoms with van der Waals surface area (Å²) < 4.78 is 0. The first-order valence-corrected chi connectivity index (χ1v) is 9.49. The van der Waals surface area contributed by atoms with Gasteiger partial charge in [-0.25, -0.2) is 4.98 Å². The van der Waals surface area contributed by atoms with Gasteiger partial charge in [-0.05, 0) is 45.7 Å². The Balaban J connectivity index is 1.76. The molecule has 134 valence electrons. The molecule has 1 atom stereocenters. The summed E-state index contributed by atoms with van der Waals surface area (Å²) in [6.45, 7) is 9.60. The predicted molar refractivity (Wildman–Crippen MR) is 95.6 cm³/mol. The van der Waals surface area contributed by atoms with Crippen molar-refractivity contribution in [2.45, 2.75) is 58.9 Å². The molecular formula is C17H28N4O2S. The van der Waals surface area contributed by atoms with Crippen LogP contribution in [-0.4, -0.2) is 40.8 Å². The first kappa shape index (κ1) is 18.9. The summed E-state index contributed by atoms with van der Waals surface area (Å²) in [4.78, 5) is 30.6. The minimum atomic E-state index is -0.247. The maximum Gasteiger partial charge on any atom is 0.255 e. The highest BCUT2D eigenvalue weighted by Crippen LogP contribution is 2.30. The summed E-state index contributed by atoms with van der Waals surface area (Å²) in [7, 11) is 0. The summed E-state index contributed by atoms with van der Waals surface area (Å²) >= 11 is 1.73. The third-order valence-corrected chi connectivity index (χ3v) is 5.49. The largest absolute Gasteiger partial charge is 0.292 e. The zero-order valence-electron chi connectivity index (χ0n) is 15.0. The molecule has 0 saturated carbocycles. The number of aryl methyl sites for hydroxylation is 1. The summed E-state index contributed by atoms with van der Waals surface area (Å²) in [5.74, 6) is 0.466. The SMILES string of the molecule is Cc1csc(C2CCN(C(C)C(=O)NNC(=O)CC(C)C)CC2)n1. The zero-order valence-corrected chi connectivity index (χ0v) is 15.8. The molecule has 1 unspecified atom stereocenters. The summed E-state index contributed by atoms with van der Waals surface area (Å²) in [5.41, 5.74) is 6.12. The van der Waals surface area contributed by atoms with E-state index in [1.807, 2.05) is 27.7 Å². The maximum absolute atomic E-state index is 12.2. The molecule has 1 saturated heterocycles. The molecule has 0 aliphatic carbocycles. The molecule has 1 fully saturated rings. The molecule has 0 aromatic carbocycles. The Morgan fingerprint density at radius 2 is 1.96 bits per heavy atom. The van der Waals surface area contributed by atoms with Crippen LogP contribution in [0.4, 0.5) is 0 Å². The van der Waals surface area contributed by atoms with E-state index < -0.39 is 0 Å². The van der Waals surface area contributed by atoms with Gasteiger partial charge in [-0.3, -0.25) is 25.3 Å². The Kier molecular flexibility index (Phi) is 6.74. The highest BCUT2D eigenvalue weighted by atomic mass is 32.1. The van der Waals surface area contributed by atoms with Crippen LogP contribution in [0.1, 0.15) is 56.7 Å². The molecule has 1 aliphatic heterocycles. The summed E-state index contributed by atoms with van der Waals surface area (Å²) in [6, 6.07) is -0.247. The number of piperidine rings is 1. The van der Waals surface area contributed by atoms with E-state index in [2.05, 4.69) is 26.1 Å². The fraction of sp³-hybridized carbons (Fsp3) is 0.706. The minimum Gasteiger partial charge on any atom is -0.292 e. The van der Waals surface area contributed by atoms with Gasteiger partial charge in [-0.2, -0.15) is 0 Å². The Labute approximate surface area is 148 Å². The second-order valence-corrected chi connectivity index (χ2v) is 7.84. The van der Waals surface area contributed by atoms with Crippen molar-refractivity contribution in [1.29, 1.82) is 0 Å². The number of rotatable bonds is 5. The first-order valence-electron chi connectivity index (χ1n) is 8.61. The highest BCUT2D eigenvalue weighted by molar-refractivity contribution is 7.09. The molecular weight excluding hydrogens is 324 g/mol. The molecule has 2 N–H and O–H groups in total. The van der Waals surface area contributed by atoms with E-state index in [0.29, 0.717) is 12.3 Å². The Morgan fingerprint density at radius 3 is 2.50 bits per heavy atom. The third kappa shape index (κ3) is 5.27. The van der Waals surface area contributed by atoms with Gasteiger partial charge in [0, 0.05) is 23.4 Å². The van der Waals surface area contributed by atoms with E-state index in [4.69, 9.17) is 0 Å². The van der Waals surface area contributed by atoms with Crippen LogP contribution >= 0.6 is 11.3 Å². The van der Waals surface area contributed by atoms with Gasteiger partial charge < -0.3 is 0 Å². The molecule has 0 radical (unpaired) electrons. The van der Waals surface area contributed by atoms with Gasteiger partial charge in [-0.1, -0.05) is 13.8 Å². The first-order chi connectivity index (χ1) is 11.4. The quantitative estimate of drug-likeness (QED) is 0.797. The molecule has 0 bridgehead atoms. The molecule has 2 amide bonds. The van der Waals surface area contributed by atoms with Crippen LogP contribution in [0, 0.1) is 12.8 Å². The van der Waals surface area contributed by atoms with E-state index in [1.165, 1.54) is 5.01 Å². The number of hydrazine groups is 1. The Bertz CT molecular complexity index is 565. The van der Waals surface area contributed by atoms with Gasteiger partial charge in [0.05, 0.1) is 11.0 Å². The number of hydrogen-bond donors (Lipinski definition) is 2. The van der Waals surface area contributed by atoms with Gasteiger partial charge in [0.2, 0.25) is 5.91 Å². The normalized spacial score (nSPS) is 17.7. The number of aromatic nitrogens is 1.